The topological polar surface area (TPSA) is 23.5 Å². The van der Waals surface area contributed by atoms with Crippen LogP contribution in [0, 0.1) is 0 Å². The summed E-state index contributed by atoms with van der Waals surface area (Å²) in [5.41, 5.74) is 2.54. The first kappa shape index (κ1) is 13.6. The van der Waals surface area contributed by atoms with Crippen molar-refractivity contribution < 1.29 is 5.11 Å². The molecule has 2 rings (SSSR count). The third-order valence-corrected chi connectivity index (χ3v) is 3.79. The van der Waals surface area contributed by atoms with Crippen molar-refractivity contribution in [3.8, 4) is 0 Å². The Morgan fingerprint density at radius 2 is 1.67 bits per heavy atom. The Hall–Kier alpha value is -0.860. The van der Waals surface area contributed by atoms with Gasteiger partial charge in [0.15, 0.2) is 0 Å². The van der Waals surface area contributed by atoms with Gasteiger partial charge in [0.25, 0.3) is 0 Å². The Morgan fingerprint density at radius 1 is 1.11 bits per heavy atom. The lowest BCUT2D eigenvalue weighted by molar-refractivity contribution is 0.126. The van der Waals surface area contributed by atoms with Gasteiger partial charge in [0.05, 0.1) is 6.10 Å². The molecule has 0 spiro atoms. The van der Waals surface area contributed by atoms with Gasteiger partial charge >= 0.3 is 0 Å². The summed E-state index contributed by atoms with van der Waals surface area (Å²) < 4.78 is 0. The van der Waals surface area contributed by atoms with Gasteiger partial charge in [-0.1, -0.05) is 45.0 Å². The molecule has 1 aliphatic heterocycles. The molecule has 0 aromatic heterocycles. The van der Waals surface area contributed by atoms with E-state index in [9.17, 15) is 5.11 Å². The fourth-order valence-electron chi connectivity index (χ4n) is 2.52. The number of β-amino-alcohol motifs (C(OH)–C–C–N with tert-alkyl or cyclic N) is 1. The lowest BCUT2D eigenvalue weighted by atomic mass is 9.86. The van der Waals surface area contributed by atoms with Gasteiger partial charge in [-0.15, -0.1) is 0 Å². The van der Waals surface area contributed by atoms with Gasteiger partial charge in [-0.25, -0.2) is 0 Å². The zero-order chi connectivity index (χ0) is 13.2. The highest BCUT2D eigenvalue weighted by Gasteiger charge is 2.18. The van der Waals surface area contributed by atoms with Crippen LogP contribution < -0.4 is 0 Å². The van der Waals surface area contributed by atoms with Crippen LogP contribution in [-0.2, 0) is 5.41 Å². The van der Waals surface area contributed by atoms with E-state index in [0.717, 1.165) is 25.2 Å². The van der Waals surface area contributed by atoms with Gasteiger partial charge in [0.2, 0.25) is 0 Å². The van der Waals surface area contributed by atoms with Crippen LogP contribution in [0.3, 0.4) is 0 Å². The van der Waals surface area contributed by atoms with E-state index in [1.807, 2.05) is 0 Å². The van der Waals surface area contributed by atoms with Crippen molar-refractivity contribution in [1.82, 2.24) is 4.90 Å². The zero-order valence-electron chi connectivity index (χ0n) is 11.8. The van der Waals surface area contributed by atoms with Gasteiger partial charge in [0, 0.05) is 6.54 Å². The second-order valence-corrected chi connectivity index (χ2v) is 6.40. The molecule has 1 heterocycles. The number of hydrogen-bond acceptors (Lipinski definition) is 2. The quantitative estimate of drug-likeness (QED) is 0.887. The predicted molar refractivity (Wildman–Crippen MR) is 75.8 cm³/mol. The molecule has 2 heteroatoms. The molecule has 0 radical (unpaired) electrons. The summed E-state index contributed by atoms with van der Waals surface area (Å²) in [6.07, 6.45) is 2.20. The number of likely N-dealkylation sites (tertiary alicyclic amines) is 1. The maximum atomic E-state index is 10.2. The maximum Gasteiger partial charge on any atom is 0.0916 e. The van der Waals surface area contributed by atoms with E-state index < -0.39 is 0 Å². The van der Waals surface area contributed by atoms with Crippen molar-refractivity contribution in [2.24, 2.45) is 0 Å². The van der Waals surface area contributed by atoms with Crippen molar-refractivity contribution in [1.29, 1.82) is 0 Å². The van der Waals surface area contributed by atoms with Crippen LogP contribution >= 0.6 is 0 Å². The highest BCUT2D eigenvalue weighted by Crippen LogP contribution is 2.24. The standard InChI is InChI=1S/C16H25NO/c1-16(2,3)14-8-6-13(7-9-14)15(18)12-17-10-4-5-11-17/h6-9,15,18H,4-5,10-12H2,1-3H3. The second-order valence-electron chi connectivity index (χ2n) is 6.40. The van der Waals surface area contributed by atoms with Gasteiger partial charge in [-0.3, -0.25) is 0 Å². The molecule has 0 bridgehead atoms. The molecule has 1 saturated heterocycles. The summed E-state index contributed by atoms with van der Waals surface area (Å²) in [5.74, 6) is 0. The van der Waals surface area contributed by atoms with Crippen LogP contribution in [0.2, 0.25) is 0 Å². The zero-order valence-corrected chi connectivity index (χ0v) is 11.8. The second kappa shape index (κ2) is 5.41. The molecule has 1 atom stereocenters. The van der Waals surface area contributed by atoms with Gasteiger partial charge in [-0.05, 0) is 42.5 Å². The minimum atomic E-state index is -0.350. The molecule has 100 valence electrons. The fourth-order valence-corrected chi connectivity index (χ4v) is 2.52. The Balaban J connectivity index is 2.00. The van der Waals surface area contributed by atoms with Gasteiger partial charge < -0.3 is 10.0 Å². The lowest BCUT2D eigenvalue weighted by Crippen LogP contribution is -2.25. The SMILES string of the molecule is CC(C)(C)c1ccc(C(O)CN2CCCC2)cc1. The number of hydrogen-bond donors (Lipinski definition) is 1. The number of benzene rings is 1. The molecule has 0 amide bonds. The highest BCUT2D eigenvalue weighted by molar-refractivity contribution is 5.28. The molecular formula is C16H25NO. The molecule has 1 aliphatic rings. The van der Waals surface area contributed by atoms with E-state index in [2.05, 4.69) is 49.9 Å². The van der Waals surface area contributed by atoms with Gasteiger partial charge in [-0.2, -0.15) is 0 Å². The van der Waals surface area contributed by atoms with E-state index in [1.165, 1.54) is 18.4 Å². The first-order chi connectivity index (χ1) is 8.47. The van der Waals surface area contributed by atoms with Crippen LogP contribution in [-0.4, -0.2) is 29.6 Å². The molecule has 1 unspecified atom stereocenters. The average Bonchev–Trinajstić information content (AvgIpc) is 2.81. The van der Waals surface area contributed by atoms with Crippen LogP contribution in [0.15, 0.2) is 24.3 Å². The third-order valence-electron chi connectivity index (χ3n) is 3.79. The number of aliphatic hydroxyl groups excluding tert-OH is 1. The molecule has 18 heavy (non-hydrogen) atoms. The molecule has 1 aromatic rings. The fraction of sp³-hybridized carbons (Fsp3) is 0.625. The summed E-state index contributed by atoms with van der Waals surface area (Å²) in [4.78, 5) is 2.35. The number of rotatable bonds is 3. The summed E-state index contributed by atoms with van der Waals surface area (Å²) in [6, 6.07) is 8.42. The van der Waals surface area contributed by atoms with E-state index in [4.69, 9.17) is 0 Å². The maximum absolute atomic E-state index is 10.2. The Kier molecular flexibility index (Phi) is 4.08. The summed E-state index contributed by atoms with van der Waals surface area (Å²) in [5, 5.41) is 10.2. The number of nitrogens with zero attached hydrogens (tertiary/aromatic N) is 1. The Bertz CT molecular complexity index is 371. The third kappa shape index (κ3) is 3.33. The van der Waals surface area contributed by atoms with E-state index >= 15 is 0 Å². The summed E-state index contributed by atoms with van der Waals surface area (Å²) >= 11 is 0. The molecule has 1 fully saturated rings. The predicted octanol–water partition coefficient (Wildman–Crippen LogP) is 3.11. The van der Waals surface area contributed by atoms with E-state index in [0.29, 0.717) is 0 Å². The van der Waals surface area contributed by atoms with E-state index in [-0.39, 0.29) is 11.5 Å². The Morgan fingerprint density at radius 3 is 2.17 bits per heavy atom. The summed E-state index contributed by atoms with van der Waals surface area (Å²) in [7, 11) is 0. The largest absolute Gasteiger partial charge is 0.387 e. The molecular weight excluding hydrogens is 222 g/mol. The van der Waals surface area contributed by atoms with Crippen LogP contribution in [0.1, 0.15) is 50.8 Å². The first-order valence-corrected chi connectivity index (χ1v) is 6.98. The van der Waals surface area contributed by atoms with Crippen LogP contribution in [0.4, 0.5) is 0 Å². The Labute approximate surface area is 111 Å². The molecule has 1 N–H and O–H groups in total. The van der Waals surface area contributed by atoms with Crippen molar-refractivity contribution in [3.05, 3.63) is 35.4 Å². The van der Waals surface area contributed by atoms with Crippen molar-refractivity contribution in [3.63, 3.8) is 0 Å². The molecule has 0 aliphatic carbocycles. The minimum absolute atomic E-state index is 0.179. The summed E-state index contributed by atoms with van der Waals surface area (Å²) in [6.45, 7) is 9.68. The molecule has 2 nitrogen and oxygen atoms in total. The van der Waals surface area contributed by atoms with Crippen molar-refractivity contribution >= 4 is 0 Å². The first-order valence-electron chi connectivity index (χ1n) is 6.98. The molecule has 0 saturated carbocycles. The van der Waals surface area contributed by atoms with Crippen molar-refractivity contribution in [2.75, 3.05) is 19.6 Å². The normalized spacial score (nSPS) is 19.1. The minimum Gasteiger partial charge on any atom is -0.387 e. The molecule has 1 aromatic carbocycles. The van der Waals surface area contributed by atoms with Crippen LogP contribution in [0.5, 0.6) is 0 Å². The van der Waals surface area contributed by atoms with Crippen molar-refractivity contribution in [2.45, 2.75) is 45.1 Å². The monoisotopic (exact) mass is 247 g/mol. The van der Waals surface area contributed by atoms with Crippen LogP contribution in [0.25, 0.3) is 0 Å². The smallest absolute Gasteiger partial charge is 0.0916 e. The highest BCUT2D eigenvalue weighted by atomic mass is 16.3. The lowest BCUT2D eigenvalue weighted by Gasteiger charge is -2.22. The van der Waals surface area contributed by atoms with Gasteiger partial charge in [0.1, 0.15) is 0 Å². The average molecular weight is 247 g/mol. The number of aliphatic hydroxyl groups is 1. The van der Waals surface area contributed by atoms with E-state index in [1.54, 1.807) is 0 Å².